The standard InChI is InChI=1S/C26H21ClFNO4/c1-15(10-26(30)29-16-8-9-22(28)21(27)11-16)18-12-19-20(14-33-25(19)13-24(18)32-3)17-6-4-5-7-23(17)31-2/h4-14H,1-3H3,(H,29,30)/b15-10+. The fraction of sp³-hybridized carbons (Fsp3) is 0.115. The normalized spacial score (nSPS) is 11.5. The molecule has 7 heteroatoms. The molecule has 0 saturated carbocycles. The molecule has 0 bridgehead atoms. The SMILES string of the molecule is COc1cc2occ(-c3ccccc3OC)c2cc1/C(C)=C/C(=O)Nc1ccc(F)c(Cl)c1. The van der Waals surface area contributed by atoms with Gasteiger partial charge in [0.05, 0.1) is 25.5 Å². The van der Waals surface area contributed by atoms with Crippen LogP contribution >= 0.6 is 11.6 Å². The number of rotatable bonds is 6. The maximum Gasteiger partial charge on any atom is 0.248 e. The number of hydrogen-bond donors (Lipinski definition) is 1. The van der Waals surface area contributed by atoms with Crippen LogP contribution in [0.15, 0.2) is 71.4 Å². The molecule has 0 atom stereocenters. The highest BCUT2D eigenvalue weighted by Crippen LogP contribution is 2.40. The third-order valence-electron chi connectivity index (χ3n) is 5.25. The summed E-state index contributed by atoms with van der Waals surface area (Å²) in [5.74, 6) is 0.358. The highest BCUT2D eigenvalue weighted by Gasteiger charge is 2.17. The summed E-state index contributed by atoms with van der Waals surface area (Å²) >= 11 is 5.79. The average molecular weight is 466 g/mol. The minimum absolute atomic E-state index is 0.0653. The van der Waals surface area contributed by atoms with Crippen LogP contribution in [0.1, 0.15) is 12.5 Å². The third kappa shape index (κ3) is 4.56. The van der Waals surface area contributed by atoms with Gasteiger partial charge in [0.25, 0.3) is 0 Å². The third-order valence-corrected chi connectivity index (χ3v) is 5.54. The van der Waals surface area contributed by atoms with Gasteiger partial charge in [0, 0.05) is 39.9 Å². The Hall–Kier alpha value is -3.77. The first-order valence-electron chi connectivity index (χ1n) is 10.1. The molecule has 1 N–H and O–H groups in total. The average Bonchev–Trinajstić information content (AvgIpc) is 3.23. The number of fused-ring (bicyclic) bond motifs is 1. The topological polar surface area (TPSA) is 60.7 Å². The summed E-state index contributed by atoms with van der Waals surface area (Å²) in [6, 6.07) is 15.4. The summed E-state index contributed by atoms with van der Waals surface area (Å²) in [5.41, 5.74) is 4.20. The van der Waals surface area contributed by atoms with Crippen molar-refractivity contribution in [1.82, 2.24) is 0 Å². The lowest BCUT2D eigenvalue weighted by Gasteiger charge is -2.11. The number of halogens is 2. The van der Waals surface area contributed by atoms with Gasteiger partial charge in [-0.25, -0.2) is 4.39 Å². The van der Waals surface area contributed by atoms with Gasteiger partial charge in [-0.3, -0.25) is 4.79 Å². The Morgan fingerprint density at radius 2 is 1.79 bits per heavy atom. The minimum atomic E-state index is -0.551. The van der Waals surface area contributed by atoms with Crippen LogP contribution in [-0.4, -0.2) is 20.1 Å². The van der Waals surface area contributed by atoms with E-state index in [1.807, 2.05) is 37.3 Å². The van der Waals surface area contributed by atoms with Crippen LogP contribution < -0.4 is 14.8 Å². The fourth-order valence-electron chi connectivity index (χ4n) is 3.63. The summed E-state index contributed by atoms with van der Waals surface area (Å²) in [5, 5.41) is 3.48. The number of amides is 1. The van der Waals surface area contributed by atoms with Gasteiger partial charge >= 0.3 is 0 Å². The molecule has 0 radical (unpaired) electrons. The van der Waals surface area contributed by atoms with E-state index in [1.165, 1.54) is 24.3 Å². The molecule has 1 heterocycles. The molecule has 3 aromatic carbocycles. The second-order valence-corrected chi connectivity index (χ2v) is 7.75. The van der Waals surface area contributed by atoms with Crippen molar-refractivity contribution in [3.05, 3.63) is 83.3 Å². The monoisotopic (exact) mass is 465 g/mol. The minimum Gasteiger partial charge on any atom is -0.496 e. The van der Waals surface area contributed by atoms with Crippen molar-refractivity contribution in [3.8, 4) is 22.6 Å². The Balaban J connectivity index is 1.72. The summed E-state index contributed by atoms with van der Waals surface area (Å²) in [4.78, 5) is 12.6. The molecule has 5 nitrogen and oxygen atoms in total. The van der Waals surface area contributed by atoms with E-state index in [0.717, 1.165) is 27.8 Å². The van der Waals surface area contributed by atoms with Crippen LogP contribution in [0.25, 0.3) is 27.7 Å². The number of anilines is 1. The molecule has 0 aliphatic rings. The van der Waals surface area contributed by atoms with Crippen molar-refractivity contribution in [2.24, 2.45) is 0 Å². The molecule has 4 rings (SSSR count). The lowest BCUT2D eigenvalue weighted by atomic mass is 9.98. The molecule has 0 aliphatic carbocycles. The maximum absolute atomic E-state index is 13.4. The quantitative estimate of drug-likeness (QED) is 0.313. The van der Waals surface area contributed by atoms with Crippen molar-refractivity contribution in [2.75, 3.05) is 19.5 Å². The van der Waals surface area contributed by atoms with Crippen LogP contribution in [-0.2, 0) is 4.79 Å². The molecule has 33 heavy (non-hydrogen) atoms. The number of ether oxygens (including phenoxy) is 2. The zero-order valence-electron chi connectivity index (χ0n) is 18.2. The van der Waals surface area contributed by atoms with E-state index in [9.17, 15) is 9.18 Å². The van der Waals surface area contributed by atoms with Crippen molar-refractivity contribution < 1.29 is 23.1 Å². The first-order valence-corrected chi connectivity index (χ1v) is 10.5. The first-order chi connectivity index (χ1) is 15.9. The molecule has 168 valence electrons. The molecule has 0 aliphatic heterocycles. The van der Waals surface area contributed by atoms with Crippen LogP contribution in [0.2, 0.25) is 5.02 Å². The highest BCUT2D eigenvalue weighted by molar-refractivity contribution is 6.31. The van der Waals surface area contributed by atoms with Crippen LogP contribution in [0, 0.1) is 5.82 Å². The molecule has 4 aromatic rings. The van der Waals surface area contributed by atoms with Crippen molar-refractivity contribution in [2.45, 2.75) is 6.92 Å². The number of carbonyl (C=O) groups excluding carboxylic acids is 1. The highest BCUT2D eigenvalue weighted by atomic mass is 35.5. The second kappa shape index (κ2) is 9.38. The molecule has 1 amide bonds. The molecular formula is C26H21ClFNO4. The van der Waals surface area contributed by atoms with Gasteiger partial charge in [0.15, 0.2) is 0 Å². The van der Waals surface area contributed by atoms with Gasteiger partial charge in [0.2, 0.25) is 5.91 Å². The Kier molecular flexibility index (Phi) is 6.38. The number of allylic oxidation sites excluding steroid dienone is 1. The molecule has 0 fully saturated rings. The second-order valence-electron chi connectivity index (χ2n) is 7.34. The molecular weight excluding hydrogens is 445 g/mol. The number of carbonyl (C=O) groups is 1. The Morgan fingerprint density at radius 3 is 2.52 bits per heavy atom. The Labute approximate surface area is 195 Å². The van der Waals surface area contributed by atoms with Crippen molar-refractivity contribution in [3.63, 3.8) is 0 Å². The summed E-state index contributed by atoms with van der Waals surface area (Å²) in [7, 11) is 3.18. The number of nitrogens with one attached hydrogen (secondary N) is 1. The zero-order valence-corrected chi connectivity index (χ0v) is 19.0. The number of hydrogen-bond acceptors (Lipinski definition) is 4. The van der Waals surface area contributed by atoms with E-state index in [-0.39, 0.29) is 10.9 Å². The van der Waals surface area contributed by atoms with Gasteiger partial charge in [-0.05, 0) is 42.8 Å². The lowest BCUT2D eigenvalue weighted by Crippen LogP contribution is -2.08. The molecule has 1 aromatic heterocycles. The van der Waals surface area contributed by atoms with E-state index in [1.54, 1.807) is 26.5 Å². The summed E-state index contributed by atoms with van der Waals surface area (Å²) in [6.07, 6.45) is 3.12. The molecule has 0 saturated heterocycles. The Bertz CT molecular complexity index is 1380. The smallest absolute Gasteiger partial charge is 0.248 e. The Morgan fingerprint density at radius 1 is 1.03 bits per heavy atom. The van der Waals surface area contributed by atoms with Gasteiger partial charge in [-0.15, -0.1) is 0 Å². The number of para-hydroxylation sites is 1. The number of benzene rings is 3. The zero-order chi connectivity index (χ0) is 23.5. The van der Waals surface area contributed by atoms with Gasteiger partial charge in [-0.2, -0.15) is 0 Å². The molecule has 0 spiro atoms. The lowest BCUT2D eigenvalue weighted by molar-refractivity contribution is -0.111. The van der Waals surface area contributed by atoms with Crippen molar-refractivity contribution >= 4 is 39.7 Å². The van der Waals surface area contributed by atoms with E-state index < -0.39 is 5.82 Å². The van der Waals surface area contributed by atoms with Crippen LogP contribution in [0.3, 0.4) is 0 Å². The number of methoxy groups -OCH3 is 2. The van der Waals surface area contributed by atoms with Crippen LogP contribution in [0.5, 0.6) is 11.5 Å². The summed E-state index contributed by atoms with van der Waals surface area (Å²) in [6.45, 7) is 1.81. The maximum atomic E-state index is 13.4. The van der Waals surface area contributed by atoms with Gasteiger partial charge < -0.3 is 19.2 Å². The molecule has 0 unspecified atom stereocenters. The largest absolute Gasteiger partial charge is 0.496 e. The van der Waals surface area contributed by atoms with E-state index in [0.29, 0.717) is 22.6 Å². The van der Waals surface area contributed by atoms with E-state index in [2.05, 4.69) is 5.32 Å². The van der Waals surface area contributed by atoms with Crippen LogP contribution in [0.4, 0.5) is 10.1 Å². The van der Waals surface area contributed by atoms with E-state index in [4.69, 9.17) is 25.5 Å². The van der Waals surface area contributed by atoms with Crippen molar-refractivity contribution in [1.29, 1.82) is 0 Å². The predicted octanol–water partition coefficient (Wildman–Crippen LogP) is 6.95. The fourth-order valence-corrected chi connectivity index (χ4v) is 3.81. The summed E-state index contributed by atoms with van der Waals surface area (Å²) < 4.78 is 30.2. The van der Waals surface area contributed by atoms with Gasteiger partial charge in [0.1, 0.15) is 22.9 Å². The predicted molar refractivity (Wildman–Crippen MR) is 128 cm³/mol. The van der Waals surface area contributed by atoms with Gasteiger partial charge in [-0.1, -0.05) is 29.8 Å². The number of furan rings is 1. The van der Waals surface area contributed by atoms with E-state index >= 15 is 0 Å². The first kappa shape index (κ1) is 22.4.